The smallest absolute Gasteiger partial charge is 0.269 e. The maximum Gasteiger partial charge on any atom is 0.269 e. The third-order valence-electron chi connectivity index (χ3n) is 3.04. The van der Waals surface area contributed by atoms with Crippen molar-refractivity contribution in [3.05, 3.63) is 75.8 Å². The molecule has 0 atom stereocenters. The number of nitrogens with zero attached hydrogens (tertiary/aromatic N) is 1. The summed E-state index contributed by atoms with van der Waals surface area (Å²) in [6.07, 6.45) is 3.25. The SMILES string of the molecule is CC(C)Oc1ccc(/C=C/C(=O)c2ccc([N+](=O)[O-])cc2)cc1. The largest absolute Gasteiger partial charge is 0.491 e. The van der Waals surface area contributed by atoms with E-state index < -0.39 is 4.92 Å². The number of nitro benzene ring substituents is 1. The van der Waals surface area contributed by atoms with E-state index in [1.54, 1.807) is 6.08 Å². The number of ketones is 1. The molecule has 0 aliphatic rings. The van der Waals surface area contributed by atoms with Crippen LogP contribution in [0.3, 0.4) is 0 Å². The second-order valence-electron chi connectivity index (χ2n) is 5.24. The van der Waals surface area contributed by atoms with Crippen LogP contribution in [0.25, 0.3) is 6.08 Å². The van der Waals surface area contributed by atoms with Gasteiger partial charge in [0.25, 0.3) is 5.69 Å². The van der Waals surface area contributed by atoms with Gasteiger partial charge in [-0.15, -0.1) is 0 Å². The maximum atomic E-state index is 12.0. The third kappa shape index (κ3) is 4.78. The van der Waals surface area contributed by atoms with Crippen molar-refractivity contribution in [2.45, 2.75) is 20.0 Å². The molecule has 0 heterocycles. The van der Waals surface area contributed by atoms with E-state index in [0.29, 0.717) is 5.56 Å². The van der Waals surface area contributed by atoms with Crippen molar-refractivity contribution in [2.75, 3.05) is 0 Å². The van der Waals surface area contributed by atoms with Gasteiger partial charge in [0, 0.05) is 17.7 Å². The summed E-state index contributed by atoms with van der Waals surface area (Å²) in [5.41, 5.74) is 1.24. The molecule has 0 aliphatic carbocycles. The number of ether oxygens (including phenoxy) is 1. The lowest BCUT2D eigenvalue weighted by atomic mass is 10.1. The van der Waals surface area contributed by atoms with E-state index in [2.05, 4.69) is 0 Å². The molecular weight excluding hydrogens is 294 g/mol. The van der Waals surface area contributed by atoms with Gasteiger partial charge in [-0.05, 0) is 49.8 Å². The number of nitro groups is 1. The van der Waals surface area contributed by atoms with Crippen molar-refractivity contribution in [1.29, 1.82) is 0 Å². The average molecular weight is 311 g/mol. The first-order chi connectivity index (χ1) is 11.0. The minimum absolute atomic E-state index is 0.0359. The van der Waals surface area contributed by atoms with E-state index in [-0.39, 0.29) is 17.6 Å². The summed E-state index contributed by atoms with van der Waals surface area (Å²) in [4.78, 5) is 22.1. The molecule has 5 nitrogen and oxygen atoms in total. The maximum absolute atomic E-state index is 12.0. The van der Waals surface area contributed by atoms with Crippen molar-refractivity contribution in [1.82, 2.24) is 0 Å². The van der Waals surface area contributed by atoms with Crippen LogP contribution in [-0.4, -0.2) is 16.8 Å². The Balaban J connectivity index is 2.04. The van der Waals surface area contributed by atoms with Gasteiger partial charge in [-0.2, -0.15) is 0 Å². The van der Waals surface area contributed by atoms with Crippen molar-refractivity contribution in [2.24, 2.45) is 0 Å². The molecule has 0 aromatic heterocycles. The molecule has 0 bridgehead atoms. The Morgan fingerprint density at radius 3 is 2.22 bits per heavy atom. The van der Waals surface area contributed by atoms with E-state index in [1.165, 1.54) is 30.3 Å². The summed E-state index contributed by atoms with van der Waals surface area (Å²) >= 11 is 0. The minimum Gasteiger partial charge on any atom is -0.491 e. The molecule has 0 saturated carbocycles. The quantitative estimate of drug-likeness (QED) is 0.345. The average Bonchev–Trinajstić information content (AvgIpc) is 2.53. The van der Waals surface area contributed by atoms with Gasteiger partial charge < -0.3 is 4.74 Å². The molecule has 2 rings (SSSR count). The normalized spacial score (nSPS) is 10.9. The second-order valence-corrected chi connectivity index (χ2v) is 5.24. The zero-order chi connectivity index (χ0) is 16.8. The molecule has 0 radical (unpaired) electrons. The van der Waals surface area contributed by atoms with Gasteiger partial charge in [0.2, 0.25) is 0 Å². The van der Waals surface area contributed by atoms with E-state index in [4.69, 9.17) is 4.74 Å². The van der Waals surface area contributed by atoms with Crippen LogP contribution in [0.15, 0.2) is 54.6 Å². The fourth-order valence-electron chi connectivity index (χ4n) is 1.95. The molecule has 5 heteroatoms. The number of hydrogen-bond donors (Lipinski definition) is 0. The predicted octanol–water partition coefficient (Wildman–Crippen LogP) is 4.28. The topological polar surface area (TPSA) is 69.4 Å². The summed E-state index contributed by atoms with van der Waals surface area (Å²) in [6, 6.07) is 12.9. The van der Waals surface area contributed by atoms with E-state index in [9.17, 15) is 14.9 Å². The van der Waals surface area contributed by atoms with Crippen molar-refractivity contribution < 1.29 is 14.5 Å². The first-order valence-electron chi connectivity index (χ1n) is 7.19. The highest BCUT2D eigenvalue weighted by molar-refractivity contribution is 6.06. The number of hydrogen-bond acceptors (Lipinski definition) is 4. The summed E-state index contributed by atoms with van der Waals surface area (Å²) in [5.74, 6) is 0.571. The van der Waals surface area contributed by atoms with Gasteiger partial charge in [-0.1, -0.05) is 18.2 Å². The third-order valence-corrected chi connectivity index (χ3v) is 3.04. The molecule has 23 heavy (non-hydrogen) atoms. The van der Waals surface area contributed by atoms with Gasteiger partial charge >= 0.3 is 0 Å². The van der Waals surface area contributed by atoms with Crippen molar-refractivity contribution in [3.63, 3.8) is 0 Å². The molecule has 0 amide bonds. The van der Waals surface area contributed by atoms with Crippen LogP contribution in [0, 0.1) is 10.1 Å². The number of benzene rings is 2. The van der Waals surface area contributed by atoms with Crippen LogP contribution >= 0.6 is 0 Å². The standard InChI is InChI=1S/C18H17NO4/c1-13(2)23-17-10-3-14(4-11-17)5-12-18(20)15-6-8-16(9-7-15)19(21)22/h3-13H,1-2H3/b12-5+. The monoisotopic (exact) mass is 311 g/mol. The van der Waals surface area contributed by atoms with Gasteiger partial charge in [0.15, 0.2) is 5.78 Å². The number of carbonyl (C=O) groups excluding carboxylic acids is 1. The Kier molecular flexibility index (Phi) is 5.25. The van der Waals surface area contributed by atoms with Crippen LogP contribution < -0.4 is 4.74 Å². The van der Waals surface area contributed by atoms with Gasteiger partial charge in [0.1, 0.15) is 5.75 Å². The molecule has 2 aromatic rings. The summed E-state index contributed by atoms with van der Waals surface area (Å²) < 4.78 is 5.55. The number of allylic oxidation sites excluding steroid dienone is 1. The van der Waals surface area contributed by atoms with Gasteiger partial charge in [-0.3, -0.25) is 14.9 Å². The van der Waals surface area contributed by atoms with Crippen LogP contribution in [0.1, 0.15) is 29.8 Å². The Morgan fingerprint density at radius 2 is 1.70 bits per heavy atom. The van der Waals surface area contributed by atoms with Crippen LogP contribution in [0.4, 0.5) is 5.69 Å². The first-order valence-corrected chi connectivity index (χ1v) is 7.19. The zero-order valence-corrected chi connectivity index (χ0v) is 12.9. The van der Waals surface area contributed by atoms with E-state index in [0.717, 1.165) is 11.3 Å². The highest BCUT2D eigenvalue weighted by Crippen LogP contribution is 2.16. The predicted molar refractivity (Wildman–Crippen MR) is 88.7 cm³/mol. The van der Waals surface area contributed by atoms with Gasteiger partial charge in [-0.25, -0.2) is 0 Å². The summed E-state index contributed by atoms with van der Waals surface area (Å²) in [7, 11) is 0. The number of carbonyl (C=O) groups is 1. The Labute approximate surface area is 134 Å². The molecule has 0 unspecified atom stereocenters. The number of non-ortho nitro benzene ring substituents is 1. The minimum atomic E-state index is -0.495. The van der Waals surface area contributed by atoms with E-state index in [1.807, 2.05) is 38.1 Å². The first kappa shape index (κ1) is 16.4. The summed E-state index contributed by atoms with van der Waals surface area (Å²) in [5, 5.41) is 10.6. The van der Waals surface area contributed by atoms with Crippen LogP contribution in [-0.2, 0) is 0 Å². The molecular formula is C18H17NO4. The Bertz CT molecular complexity index is 716. The summed E-state index contributed by atoms with van der Waals surface area (Å²) in [6.45, 7) is 3.91. The fraction of sp³-hybridized carbons (Fsp3) is 0.167. The van der Waals surface area contributed by atoms with Crippen LogP contribution in [0.5, 0.6) is 5.75 Å². The molecule has 0 spiro atoms. The van der Waals surface area contributed by atoms with Crippen molar-refractivity contribution in [3.8, 4) is 5.75 Å². The van der Waals surface area contributed by atoms with E-state index >= 15 is 0 Å². The molecule has 2 aromatic carbocycles. The molecule has 0 aliphatic heterocycles. The lowest BCUT2D eigenvalue weighted by molar-refractivity contribution is -0.384. The molecule has 118 valence electrons. The van der Waals surface area contributed by atoms with Crippen LogP contribution in [0.2, 0.25) is 0 Å². The lowest BCUT2D eigenvalue weighted by Crippen LogP contribution is -2.05. The second kappa shape index (κ2) is 7.35. The molecule has 0 saturated heterocycles. The Morgan fingerprint density at radius 1 is 1.09 bits per heavy atom. The molecule has 0 N–H and O–H groups in total. The number of rotatable bonds is 6. The zero-order valence-electron chi connectivity index (χ0n) is 12.9. The highest BCUT2D eigenvalue weighted by atomic mass is 16.6. The highest BCUT2D eigenvalue weighted by Gasteiger charge is 2.07. The lowest BCUT2D eigenvalue weighted by Gasteiger charge is -2.09. The molecule has 0 fully saturated rings. The van der Waals surface area contributed by atoms with Gasteiger partial charge in [0.05, 0.1) is 11.0 Å². The Hall–Kier alpha value is -2.95. The van der Waals surface area contributed by atoms with Crippen molar-refractivity contribution >= 4 is 17.5 Å². The fourth-order valence-corrected chi connectivity index (χ4v) is 1.95.